The number of aromatic nitrogens is 2. The first kappa shape index (κ1) is 22.7. The number of allylic oxidation sites excluding steroid dienone is 1. The van der Waals surface area contributed by atoms with Gasteiger partial charge in [-0.05, 0) is 49.1 Å². The summed E-state index contributed by atoms with van der Waals surface area (Å²) in [6.07, 6.45) is 0.700. The van der Waals surface area contributed by atoms with Crippen LogP contribution in [0.15, 0.2) is 36.5 Å². The van der Waals surface area contributed by atoms with Gasteiger partial charge in [0.1, 0.15) is 11.6 Å². The maximum Gasteiger partial charge on any atom is 0.409 e. The minimum Gasteiger partial charge on any atom is -0.453 e. The average Bonchev–Trinajstić information content (AvgIpc) is 3.15. The number of nitrogens with zero attached hydrogens (tertiary/aromatic N) is 3. The van der Waals surface area contributed by atoms with E-state index >= 15 is 4.39 Å². The van der Waals surface area contributed by atoms with Crippen LogP contribution in [0.4, 0.5) is 14.9 Å². The van der Waals surface area contributed by atoms with Gasteiger partial charge in [0.05, 0.1) is 54.5 Å². The number of amides is 1. The summed E-state index contributed by atoms with van der Waals surface area (Å²) >= 11 is 6.81. The lowest BCUT2D eigenvalue weighted by molar-refractivity contribution is -0.0310. The molecule has 0 aliphatic carbocycles. The van der Waals surface area contributed by atoms with Crippen LogP contribution in [0.1, 0.15) is 17.5 Å². The Balaban J connectivity index is 1.61. The third-order valence-electron chi connectivity index (χ3n) is 6.39. The van der Waals surface area contributed by atoms with E-state index in [1.807, 2.05) is 29.7 Å². The van der Waals surface area contributed by atoms with Gasteiger partial charge < -0.3 is 24.3 Å². The summed E-state index contributed by atoms with van der Waals surface area (Å²) in [6, 6.07) is 7.39. The number of halogens is 2. The molecule has 7 nitrogen and oxygen atoms in total. The Morgan fingerprint density at radius 3 is 3.00 bits per heavy atom. The van der Waals surface area contributed by atoms with Gasteiger partial charge in [-0.1, -0.05) is 24.2 Å². The average molecular weight is 485 g/mol. The van der Waals surface area contributed by atoms with Crippen LogP contribution in [0, 0.1) is 12.7 Å². The van der Waals surface area contributed by atoms with E-state index in [0.717, 1.165) is 34.3 Å². The molecule has 1 atom stereocenters. The van der Waals surface area contributed by atoms with E-state index in [4.69, 9.17) is 26.1 Å². The van der Waals surface area contributed by atoms with Crippen molar-refractivity contribution in [1.29, 1.82) is 0 Å². The van der Waals surface area contributed by atoms with E-state index in [1.54, 1.807) is 4.90 Å². The molecule has 0 saturated carbocycles. The first-order valence-electron chi connectivity index (χ1n) is 11.2. The van der Waals surface area contributed by atoms with E-state index in [9.17, 15) is 4.79 Å². The molecule has 34 heavy (non-hydrogen) atoms. The molecular formula is C25H26ClFN4O3. The number of hydrogen-bond donors (Lipinski definition) is 1. The van der Waals surface area contributed by atoms with Crippen LogP contribution in [-0.2, 0) is 22.4 Å². The molecule has 1 N–H and O–H groups in total. The lowest BCUT2D eigenvalue weighted by Gasteiger charge is -2.32. The number of carbonyl (C=O) groups excluding carboxylic acids is 1. The summed E-state index contributed by atoms with van der Waals surface area (Å²) in [7, 11) is 1.36. The van der Waals surface area contributed by atoms with Gasteiger partial charge in [-0.2, -0.15) is 0 Å². The number of rotatable bonds is 3. The predicted molar refractivity (Wildman–Crippen MR) is 130 cm³/mol. The molecule has 5 rings (SSSR count). The standard InChI is InChI=1S/C25H26ClFN4O3/c1-14-4-7-21-20(10-14)29-24(31(21)13-16-12-30(8-9-34-16)25(32)33-3)22-18(27)11-19-17(23(22)26)6-5-15(2)28-19/h4,7,10-11,16,28H,2,5-6,8-9,12-13H2,1,3H3/t16-/m1/s1. The van der Waals surface area contributed by atoms with Gasteiger partial charge in [0.15, 0.2) is 0 Å². The summed E-state index contributed by atoms with van der Waals surface area (Å²) in [5.74, 6) is -0.0194. The number of anilines is 1. The Hall–Kier alpha value is -3.10. The van der Waals surface area contributed by atoms with E-state index in [1.165, 1.54) is 13.2 Å². The second-order valence-corrected chi connectivity index (χ2v) is 9.13. The molecule has 3 heterocycles. The third kappa shape index (κ3) is 4.01. The minimum atomic E-state index is -0.458. The van der Waals surface area contributed by atoms with Crippen molar-refractivity contribution in [3.05, 3.63) is 58.5 Å². The molecule has 1 saturated heterocycles. The van der Waals surface area contributed by atoms with Gasteiger partial charge in [-0.15, -0.1) is 0 Å². The van der Waals surface area contributed by atoms with Crippen LogP contribution in [0.25, 0.3) is 22.4 Å². The molecule has 0 bridgehead atoms. The summed E-state index contributed by atoms with van der Waals surface area (Å²) < 4.78 is 28.3. The molecule has 0 spiro atoms. The van der Waals surface area contributed by atoms with Crippen LogP contribution >= 0.6 is 11.6 Å². The Kier molecular flexibility index (Phi) is 5.95. The van der Waals surface area contributed by atoms with E-state index in [2.05, 4.69) is 11.9 Å². The molecule has 0 radical (unpaired) electrons. The van der Waals surface area contributed by atoms with Gasteiger partial charge in [-0.25, -0.2) is 14.2 Å². The number of imidazole rings is 1. The fourth-order valence-electron chi connectivity index (χ4n) is 4.69. The predicted octanol–water partition coefficient (Wildman–Crippen LogP) is 5.14. The smallest absolute Gasteiger partial charge is 0.409 e. The number of benzene rings is 2. The zero-order valence-corrected chi connectivity index (χ0v) is 19.9. The second kappa shape index (κ2) is 8.92. The highest BCUT2D eigenvalue weighted by atomic mass is 35.5. The normalized spacial score (nSPS) is 18.1. The highest BCUT2D eigenvalue weighted by Crippen LogP contribution is 2.41. The summed E-state index contributed by atoms with van der Waals surface area (Å²) in [6.45, 7) is 7.54. The maximum absolute atomic E-state index is 15.5. The quantitative estimate of drug-likeness (QED) is 0.557. The first-order valence-corrected chi connectivity index (χ1v) is 11.6. The van der Waals surface area contributed by atoms with E-state index < -0.39 is 11.9 Å². The van der Waals surface area contributed by atoms with Crippen LogP contribution in [0.3, 0.4) is 0 Å². The zero-order valence-electron chi connectivity index (χ0n) is 19.2. The number of methoxy groups -OCH3 is 1. The largest absolute Gasteiger partial charge is 0.453 e. The van der Waals surface area contributed by atoms with Crippen molar-refractivity contribution >= 4 is 34.4 Å². The number of morpholine rings is 1. The van der Waals surface area contributed by atoms with E-state index in [-0.39, 0.29) is 11.7 Å². The maximum atomic E-state index is 15.5. The first-order chi connectivity index (χ1) is 16.4. The Morgan fingerprint density at radius 1 is 1.38 bits per heavy atom. The van der Waals surface area contributed by atoms with Crippen molar-refractivity contribution in [2.24, 2.45) is 0 Å². The molecule has 2 aromatic carbocycles. The Bertz CT molecular complexity index is 1310. The van der Waals surface area contributed by atoms with Crippen molar-refractivity contribution < 1.29 is 18.7 Å². The van der Waals surface area contributed by atoms with Crippen LogP contribution in [-0.4, -0.2) is 53.5 Å². The monoisotopic (exact) mass is 484 g/mol. The van der Waals surface area contributed by atoms with Gasteiger partial charge >= 0.3 is 6.09 Å². The number of hydrogen-bond acceptors (Lipinski definition) is 5. The number of nitrogens with one attached hydrogen (secondary N) is 1. The number of carbonyl (C=O) groups is 1. The van der Waals surface area contributed by atoms with Crippen molar-refractivity contribution in [3.63, 3.8) is 0 Å². The molecular weight excluding hydrogens is 459 g/mol. The molecule has 1 amide bonds. The fraction of sp³-hybridized carbons (Fsp3) is 0.360. The molecule has 9 heteroatoms. The Labute approximate surface area is 202 Å². The molecule has 2 aliphatic rings. The highest BCUT2D eigenvalue weighted by Gasteiger charge is 2.29. The minimum absolute atomic E-state index is 0.268. The molecule has 1 aromatic heterocycles. The SMILES string of the molecule is C=C1CCc2c(cc(F)c(-c3nc4cc(C)ccc4n3C[C@H]3CN(C(=O)OC)CCO3)c2Cl)N1. The zero-order chi connectivity index (χ0) is 24.0. The summed E-state index contributed by atoms with van der Waals surface area (Å²) in [5, 5.41) is 3.49. The van der Waals surface area contributed by atoms with Gasteiger partial charge in [0.2, 0.25) is 0 Å². The third-order valence-corrected chi connectivity index (χ3v) is 6.81. The van der Waals surface area contributed by atoms with Gasteiger partial charge in [-0.3, -0.25) is 0 Å². The summed E-state index contributed by atoms with van der Waals surface area (Å²) in [4.78, 5) is 18.5. The van der Waals surface area contributed by atoms with Crippen molar-refractivity contribution in [2.75, 3.05) is 32.1 Å². The number of ether oxygens (including phenoxy) is 2. The molecule has 0 unspecified atom stereocenters. The molecule has 1 fully saturated rings. The van der Waals surface area contributed by atoms with Crippen LogP contribution < -0.4 is 5.32 Å². The van der Waals surface area contributed by atoms with Crippen LogP contribution in [0.2, 0.25) is 5.02 Å². The van der Waals surface area contributed by atoms with E-state index in [0.29, 0.717) is 49.2 Å². The van der Waals surface area contributed by atoms with Gasteiger partial charge in [0.25, 0.3) is 0 Å². The van der Waals surface area contributed by atoms with Crippen molar-refractivity contribution in [3.8, 4) is 11.4 Å². The number of aryl methyl sites for hydroxylation is 1. The fourth-order valence-corrected chi connectivity index (χ4v) is 5.06. The summed E-state index contributed by atoms with van der Waals surface area (Å²) in [5.41, 5.74) is 5.24. The molecule has 3 aromatic rings. The van der Waals surface area contributed by atoms with Crippen molar-refractivity contribution in [2.45, 2.75) is 32.4 Å². The lowest BCUT2D eigenvalue weighted by atomic mass is 9.98. The Morgan fingerprint density at radius 2 is 2.21 bits per heavy atom. The second-order valence-electron chi connectivity index (χ2n) is 8.75. The van der Waals surface area contributed by atoms with Crippen molar-refractivity contribution in [1.82, 2.24) is 14.5 Å². The molecule has 2 aliphatic heterocycles. The number of fused-ring (bicyclic) bond motifs is 2. The highest BCUT2D eigenvalue weighted by molar-refractivity contribution is 6.34. The van der Waals surface area contributed by atoms with Crippen LogP contribution in [0.5, 0.6) is 0 Å². The topological polar surface area (TPSA) is 68.6 Å². The molecule has 178 valence electrons. The van der Waals surface area contributed by atoms with Gasteiger partial charge in [0, 0.05) is 17.9 Å². The lowest BCUT2D eigenvalue weighted by Crippen LogP contribution is -2.47.